The number of rotatable bonds is 7. The van der Waals surface area contributed by atoms with Crippen molar-refractivity contribution in [3.8, 4) is 0 Å². The van der Waals surface area contributed by atoms with Crippen LogP contribution in [0.3, 0.4) is 0 Å². The third-order valence-corrected chi connectivity index (χ3v) is 3.96. The number of benzene rings is 1. The zero-order chi connectivity index (χ0) is 13.0. The third kappa shape index (κ3) is 4.13. The normalized spacial score (nSPS) is 18.6. The van der Waals surface area contributed by atoms with Crippen molar-refractivity contribution in [1.29, 1.82) is 0 Å². The Labute approximate surface area is 112 Å². The largest absolute Gasteiger partial charge is 0.313 e. The van der Waals surface area contributed by atoms with Crippen LogP contribution in [0.2, 0.25) is 0 Å². The van der Waals surface area contributed by atoms with Gasteiger partial charge in [0.2, 0.25) is 0 Å². The molecular formula is C17H27N. The monoisotopic (exact) mass is 245 g/mol. The molecule has 1 unspecified atom stereocenters. The lowest BCUT2D eigenvalue weighted by Crippen LogP contribution is -2.34. The van der Waals surface area contributed by atoms with Gasteiger partial charge < -0.3 is 5.32 Å². The second kappa shape index (κ2) is 5.88. The molecule has 0 radical (unpaired) electrons. The van der Waals surface area contributed by atoms with Gasteiger partial charge in [0.05, 0.1) is 0 Å². The van der Waals surface area contributed by atoms with E-state index in [1.54, 1.807) is 0 Å². The van der Waals surface area contributed by atoms with Crippen LogP contribution in [0.1, 0.15) is 50.7 Å². The maximum atomic E-state index is 3.72. The van der Waals surface area contributed by atoms with Crippen LogP contribution in [-0.2, 0) is 6.42 Å². The molecule has 0 amide bonds. The fraction of sp³-hybridized carbons (Fsp3) is 0.647. The summed E-state index contributed by atoms with van der Waals surface area (Å²) in [6.07, 6.45) is 6.54. The quantitative estimate of drug-likeness (QED) is 0.762. The molecule has 0 bridgehead atoms. The van der Waals surface area contributed by atoms with Crippen molar-refractivity contribution >= 4 is 0 Å². The van der Waals surface area contributed by atoms with Gasteiger partial charge in [-0.05, 0) is 43.6 Å². The molecule has 1 nitrogen and oxygen atoms in total. The second-order valence-electron chi connectivity index (χ2n) is 6.38. The highest BCUT2D eigenvalue weighted by Gasteiger charge is 2.28. The highest BCUT2D eigenvalue weighted by molar-refractivity contribution is 5.23. The van der Waals surface area contributed by atoms with E-state index in [9.17, 15) is 0 Å². The van der Waals surface area contributed by atoms with E-state index in [0.29, 0.717) is 5.41 Å². The Morgan fingerprint density at radius 2 is 2.11 bits per heavy atom. The summed E-state index contributed by atoms with van der Waals surface area (Å²) in [7, 11) is 0. The molecule has 0 heterocycles. The predicted octanol–water partition coefficient (Wildman–Crippen LogP) is 4.10. The van der Waals surface area contributed by atoms with Crippen LogP contribution in [-0.4, -0.2) is 12.6 Å². The first-order valence-electron chi connectivity index (χ1n) is 7.40. The van der Waals surface area contributed by atoms with Crippen molar-refractivity contribution in [1.82, 2.24) is 5.32 Å². The molecule has 1 N–H and O–H groups in total. The number of aryl methyl sites for hydroxylation is 1. The van der Waals surface area contributed by atoms with E-state index in [2.05, 4.69) is 50.4 Å². The standard InChI is InChI=1S/C17H27N/c1-4-10-17(3,13-18-16-8-9-16)12-15-7-5-6-14(2)11-15/h5-7,11,16,18H,4,8-10,12-13H2,1-3H3. The van der Waals surface area contributed by atoms with Gasteiger partial charge in [-0.3, -0.25) is 0 Å². The SMILES string of the molecule is CCCC(C)(CNC1CC1)Cc1cccc(C)c1. The molecule has 1 saturated carbocycles. The lowest BCUT2D eigenvalue weighted by atomic mass is 9.79. The van der Waals surface area contributed by atoms with Crippen LogP contribution in [0.5, 0.6) is 0 Å². The minimum Gasteiger partial charge on any atom is -0.313 e. The summed E-state index contributed by atoms with van der Waals surface area (Å²) >= 11 is 0. The Hall–Kier alpha value is -0.820. The summed E-state index contributed by atoms with van der Waals surface area (Å²) in [5.41, 5.74) is 3.27. The van der Waals surface area contributed by atoms with Crippen molar-refractivity contribution in [2.24, 2.45) is 5.41 Å². The average molecular weight is 245 g/mol. The van der Waals surface area contributed by atoms with E-state index in [0.717, 1.165) is 6.04 Å². The van der Waals surface area contributed by atoms with Crippen LogP contribution in [0.4, 0.5) is 0 Å². The van der Waals surface area contributed by atoms with E-state index in [-0.39, 0.29) is 0 Å². The molecule has 1 aromatic carbocycles. The van der Waals surface area contributed by atoms with Crippen molar-refractivity contribution in [2.45, 2.75) is 58.9 Å². The molecule has 0 saturated heterocycles. The van der Waals surface area contributed by atoms with Gasteiger partial charge in [-0.2, -0.15) is 0 Å². The van der Waals surface area contributed by atoms with Gasteiger partial charge in [0, 0.05) is 12.6 Å². The Morgan fingerprint density at radius 3 is 2.72 bits per heavy atom. The molecule has 2 rings (SSSR count). The molecule has 1 atom stereocenters. The average Bonchev–Trinajstić information content (AvgIpc) is 3.10. The highest BCUT2D eigenvalue weighted by Crippen LogP contribution is 2.29. The van der Waals surface area contributed by atoms with Gasteiger partial charge >= 0.3 is 0 Å². The van der Waals surface area contributed by atoms with Crippen molar-refractivity contribution < 1.29 is 0 Å². The molecule has 1 aliphatic carbocycles. The van der Waals surface area contributed by atoms with Crippen LogP contribution in [0.15, 0.2) is 24.3 Å². The van der Waals surface area contributed by atoms with Crippen LogP contribution < -0.4 is 5.32 Å². The first kappa shape index (κ1) is 13.6. The summed E-state index contributed by atoms with van der Waals surface area (Å²) in [6.45, 7) is 8.09. The van der Waals surface area contributed by atoms with Gasteiger partial charge in [0.1, 0.15) is 0 Å². The minimum absolute atomic E-state index is 0.408. The molecule has 100 valence electrons. The van der Waals surface area contributed by atoms with Crippen LogP contribution in [0.25, 0.3) is 0 Å². The first-order valence-corrected chi connectivity index (χ1v) is 7.40. The van der Waals surface area contributed by atoms with Crippen molar-refractivity contribution in [3.63, 3.8) is 0 Å². The van der Waals surface area contributed by atoms with Crippen LogP contribution in [0, 0.1) is 12.3 Å². The zero-order valence-electron chi connectivity index (χ0n) is 12.1. The lowest BCUT2D eigenvalue weighted by Gasteiger charge is -2.30. The maximum absolute atomic E-state index is 3.72. The Balaban J connectivity index is 1.98. The molecule has 1 heteroatoms. The Bertz CT molecular complexity index is 381. The number of hydrogen-bond acceptors (Lipinski definition) is 1. The summed E-state index contributed by atoms with van der Waals surface area (Å²) in [4.78, 5) is 0. The highest BCUT2D eigenvalue weighted by atomic mass is 15.0. The lowest BCUT2D eigenvalue weighted by molar-refractivity contribution is 0.274. The Morgan fingerprint density at radius 1 is 1.33 bits per heavy atom. The van der Waals surface area contributed by atoms with E-state index >= 15 is 0 Å². The molecule has 0 aromatic heterocycles. The fourth-order valence-electron chi connectivity index (χ4n) is 2.84. The summed E-state index contributed by atoms with van der Waals surface area (Å²) in [6, 6.07) is 9.80. The van der Waals surface area contributed by atoms with E-state index in [1.807, 2.05) is 0 Å². The predicted molar refractivity (Wildman–Crippen MR) is 78.9 cm³/mol. The van der Waals surface area contributed by atoms with Gasteiger partial charge in [0.15, 0.2) is 0 Å². The Kier molecular flexibility index (Phi) is 4.45. The molecule has 1 aromatic rings. The van der Waals surface area contributed by atoms with Gasteiger partial charge in [-0.15, -0.1) is 0 Å². The molecule has 0 spiro atoms. The third-order valence-electron chi connectivity index (χ3n) is 3.96. The van der Waals surface area contributed by atoms with E-state index in [4.69, 9.17) is 0 Å². The smallest absolute Gasteiger partial charge is 0.00684 e. The van der Waals surface area contributed by atoms with E-state index in [1.165, 1.54) is 49.8 Å². The zero-order valence-corrected chi connectivity index (χ0v) is 12.1. The second-order valence-corrected chi connectivity index (χ2v) is 6.38. The van der Waals surface area contributed by atoms with Crippen molar-refractivity contribution in [2.75, 3.05) is 6.54 Å². The molecule has 1 fully saturated rings. The number of nitrogens with one attached hydrogen (secondary N) is 1. The molecule has 18 heavy (non-hydrogen) atoms. The topological polar surface area (TPSA) is 12.0 Å². The summed E-state index contributed by atoms with van der Waals surface area (Å²) in [5, 5.41) is 3.72. The fourth-order valence-corrected chi connectivity index (χ4v) is 2.84. The van der Waals surface area contributed by atoms with Crippen LogP contribution >= 0.6 is 0 Å². The molecule has 0 aliphatic heterocycles. The molecule has 1 aliphatic rings. The number of hydrogen-bond donors (Lipinski definition) is 1. The van der Waals surface area contributed by atoms with Gasteiger partial charge in [0.25, 0.3) is 0 Å². The maximum Gasteiger partial charge on any atom is 0.00684 e. The molecular weight excluding hydrogens is 218 g/mol. The van der Waals surface area contributed by atoms with Crippen molar-refractivity contribution in [3.05, 3.63) is 35.4 Å². The minimum atomic E-state index is 0.408. The summed E-state index contributed by atoms with van der Waals surface area (Å²) in [5.74, 6) is 0. The van der Waals surface area contributed by atoms with Gasteiger partial charge in [-0.25, -0.2) is 0 Å². The van der Waals surface area contributed by atoms with Gasteiger partial charge in [-0.1, -0.05) is 50.1 Å². The first-order chi connectivity index (χ1) is 8.61. The van der Waals surface area contributed by atoms with E-state index < -0.39 is 0 Å². The summed E-state index contributed by atoms with van der Waals surface area (Å²) < 4.78 is 0.